The number of hydrogen-bond acceptors (Lipinski definition) is 7. The van der Waals surface area contributed by atoms with Crippen LogP contribution in [0.3, 0.4) is 0 Å². The Kier molecular flexibility index (Phi) is 13.8. The summed E-state index contributed by atoms with van der Waals surface area (Å²) < 4.78 is 0. The van der Waals surface area contributed by atoms with Crippen molar-refractivity contribution in [2.45, 2.75) is 50.7 Å². The van der Waals surface area contributed by atoms with E-state index in [0.29, 0.717) is 6.54 Å². The summed E-state index contributed by atoms with van der Waals surface area (Å²) in [7, 11) is 0. The van der Waals surface area contributed by atoms with E-state index in [2.05, 4.69) is 10.6 Å². The lowest BCUT2D eigenvalue weighted by atomic mass is 10.1. The van der Waals surface area contributed by atoms with E-state index in [9.17, 15) is 19.8 Å². The molecule has 29 heavy (non-hydrogen) atoms. The zero-order chi connectivity index (χ0) is 22.2. The number of aromatic hydroxyl groups is 1. The first-order chi connectivity index (χ1) is 13.8. The third-order valence-corrected chi connectivity index (χ3v) is 4.02. The van der Waals surface area contributed by atoms with Crippen LogP contribution < -0.4 is 22.1 Å². The fourth-order valence-electron chi connectivity index (χ4n) is 2.46. The second kappa shape index (κ2) is 15.3. The normalized spacial score (nSPS) is 13.2. The molecule has 0 radical (unpaired) electrons. The third kappa shape index (κ3) is 11.7. The summed E-state index contributed by atoms with van der Waals surface area (Å²) in [5.74, 6) is -0.842. The van der Waals surface area contributed by atoms with Crippen LogP contribution in [0, 0.1) is 0 Å². The van der Waals surface area contributed by atoms with Gasteiger partial charge in [-0.05, 0) is 50.4 Å². The van der Waals surface area contributed by atoms with Crippen LogP contribution in [-0.4, -0.2) is 64.9 Å². The number of phenolic OH excluding ortho intramolecular Hbond substituents is 1. The van der Waals surface area contributed by atoms with E-state index in [1.807, 2.05) is 6.92 Å². The molecule has 0 aromatic heterocycles. The van der Waals surface area contributed by atoms with Crippen molar-refractivity contribution >= 4 is 18.3 Å². The van der Waals surface area contributed by atoms with Gasteiger partial charge in [0.2, 0.25) is 11.8 Å². The predicted molar refractivity (Wildman–Crippen MR) is 108 cm³/mol. The van der Waals surface area contributed by atoms with Gasteiger partial charge in [0.25, 0.3) is 6.47 Å². The largest absolute Gasteiger partial charge is 0.508 e. The van der Waals surface area contributed by atoms with Crippen molar-refractivity contribution in [3.05, 3.63) is 29.8 Å². The van der Waals surface area contributed by atoms with Gasteiger partial charge in [0.1, 0.15) is 11.8 Å². The average Bonchev–Trinajstić information content (AvgIpc) is 2.68. The van der Waals surface area contributed by atoms with E-state index in [-0.39, 0.29) is 24.7 Å². The molecule has 0 heterocycles. The highest BCUT2D eigenvalue weighted by molar-refractivity contribution is 5.90. The molecule has 0 spiro atoms. The number of nitrogens with one attached hydrogen (secondary N) is 2. The fraction of sp³-hybridized carbons (Fsp3) is 0.526. The molecule has 1 aromatic rings. The summed E-state index contributed by atoms with van der Waals surface area (Å²) in [5.41, 5.74) is 12.1. The summed E-state index contributed by atoms with van der Waals surface area (Å²) in [6.45, 7) is 1.70. The predicted octanol–water partition coefficient (Wildman–Crippen LogP) is -0.926. The van der Waals surface area contributed by atoms with Crippen molar-refractivity contribution in [3.8, 4) is 5.75 Å². The number of nitrogens with two attached hydrogens (primary N) is 2. The molecule has 3 unspecified atom stereocenters. The SMILES string of the molecule is CC(CCCCN)NC(=O)C(CO)NC(=O)C(N)Cc1ccc(O)cc1.O=CO. The Bertz CT molecular complexity index is 611. The smallest absolute Gasteiger partial charge is 0.290 e. The standard InChI is InChI=1S/C18H30N4O4.CH2O2/c1-12(4-2-3-9-19)21-18(26)16(11-23)22-17(25)15(20)10-13-5-7-14(24)8-6-13;2-1-3/h5-8,12,15-16,23-24H,2-4,9-11,19-20H2,1H3,(H,21,26)(H,22,25);1H,(H,2,3). The van der Waals surface area contributed by atoms with Gasteiger partial charge >= 0.3 is 0 Å². The van der Waals surface area contributed by atoms with Crippen LogP contribution in [0.1, 0.15) is 31.7 Å². The topological polar surface area (TPSA) is 188 Å². The Labute approximate surface area is 170 Å². The quantitative estimate of drug-likeness (QED) is 0.179. The molecule has 0 saturated heterocycles. The van der Waals surface area contributed by atoms with Crippen LogP contribution >= 0.6 is 0 Å². The number of aliphatic hydroxyl groups is 1. The van der Waals surface area contributed by atoms with Gasteiger partial charge in [-0.15, -0.1) is 0 Å². The molecule has 10 heteroatoms. The molecule has 0 saturated carbocycles. The van der Waals surface area contributed by atoms with Gasteiger partial charge in [0.05, 0.1) is 12.6 Å². The molecule has 2 amide bonds. The lowest BCUT2D eigenvalue weighted by Gasteiger charge is -2.21. The minimum atomic E-state index is -1.05. The summed E-state index contributed by atoms with van der Waals surface area (Å²) in [6.07, 6.45) is 2.80. The molecule has 3 atom stereocenters. The van der Waals surface area contributed by atoms with Gasteiger partial charge < -0.3 is 37.4 Å². The number of hydrogen-bond donors (Lipinski definition) is 7. The van der Waals surface area contributed by atoms with Crippen LogP contribution in [0.25, 0.3) is 0 Å². The average molecular weight is 412 g/mol. The number of rotatable bonds is 11. The Morgan fingerprint density at radius 1 is 1.14 bits per heavy atom. The van der Waals surface area contributed by atoms with Gasteiger partial charge in [-0.25, -0.2) is 0 Å². The zero-order valence-electron chi connectivity index (χ0n) is 16.6. The fourth-order valence-corrected chi connectivity index (χ4v) is 2.46. The summed E-state index contributed by atoms with van der Waals surface area (Å²) >= 11 is 0. The molecule has 0 aliphatic rings. The highest BCUT2D eigenvalue weighted by atomic mass is 16.3. The van der Waals surface area contributed by atoms with Gasteiger partial charge in [-0.1, -0.05) is 18.6 Å². The monoisotopic (exact) mass is 412 g/mol. The van der Waals surface area contributed by atoms with Crippen molar-refractivity contribution in [2.75, 3.05) is 13.2 Å². The maximum absolute atomic E-state index is 12.2. The lowest BCUT2D eigenvalue weighted by Crippen LogP contribution is -2.54. The van der Waals surface area contributed by atoms with Crippen LogP contribution in [0.4, 0.5) is 0 Å². The number of carbonyl (C=O) groups is 3. The number of unbranched alkanes of at least 4 members (excludes halogenated alkanes) is 1. The molecule has 0 aliphatic heterocycles. The molecule has 10 nitrogen and oxygen atoms in total. The van der Waals surface area contributed by atoms with Gasteiger partial charge in [0.15, 0.2) is 0 Å². The van der Waals surface area contributed by atoms with Crippen LogP contribution in [0.5, 0.6) is 5.75 Å². The number of benzene rings is 1. The molecule has 0 bridgehead atoms. The Balaban J connectivity index is 0.00000245. The van der Waals surface area contributed by atoms with Gasteiger partial charge in [0, 0.05) is 6.04 Å². The van der Waals surface area contributed by atoms with Gasteiger partial charge in [-0.2, -0.15) is 0 Å². The second-order valence-electron chi connectivity index (χ2n) is 6.52. The van der Waals surface area contributed by atoms with Crippen LogP contribution in [-0.2, 0) is 20.8 Å². The molecule has 0 fully saturated rings. The zero-order valence-corrected chi connectivity index (χ0v) is 16.6. The molecule has 1 rings (SSSR count). The van der Waals surface area contributed by atoms with E-state index in [0.717, 1.165) is 24.8 Å². The Morgan fingerprint density at radius 2 is 1.72 bits per heavy atom. The van der Waals surface area contributed by atoms with Crippen molar-refractivity contribution in [1.82, 2.24) is 10.6 Å². The third-order valence-electron chi connectivity index (χ3n) is 4.02. The number of carbonyl (C=O) groups excluding carboxylic acids is 2. The van der Waals surface area contributed by atoms with Crippen molar-refractivity contribution in [3.63, 3.8) is 0 Å². The highest BCUT2D eigenvalue weighted by Crippen LogP contribution is 2.11. The second-order valence-corrected chi connectivity index (χ2v) is 6.52. The molecule has 9 N–H and O–H groups in total. The first kappa shape index (κ1) is 26.3. The van der Waals surface area contributed by atoms with Crippen LogP contribution in [0.15, 0.2) is 24.3 Å². The Hall–Kier alpha value is -2.69. The van der Waals surface area contributed by atoms with E-state index in [1.165, 1.54) is 12.1 Å². The number of phenols is 1. The van der Waals surface area contributed by atoms with Crippen molar-refractivity contribution in [2.24, 2.45) is 11.5 Å². The summed E-state index contributed by atoms with van der Waals surface area (Å²) in [6, 6.07) is 4.36. The molecule has 1 aromatic carbocycles. The maximum atomic E-state index is 12.2. The van der Waals surface area contributed by atoms with Crippen molar-refractivity contribution in [1.29, 1.82) is 0 Å². The minimum Gasteiger partial charge on any atom is -0.508 e. The van der Waals surface area contributed by atoms with E-state index < -0.39 is 30.5 Å². The molecular weight excluding hydrogens is 380 g/mol. The minimum absolute atomic E-state index is 0.0781. The van der Waals surface area contributed by atoms with E-state index in [4.69, 9.17) is 21.4 Å². The van der Waals surface area contributed by atoms with Crippen molar-refractivity contribution < 1.29 is 29.7 Å². The summed E-state index contributed by atoms with van der Waals surface area (Å²) in [4.78, 5) is 32.7. The van der Waals surface area contributed by atoms with E-state index in [1.54, 1.807) is 12.1 Å². The number of aliphatic hydroxyl groups excluding tert-OH is 1. The first-order valence-electron chi connectivity index (χ1n) is 9.32. The summed E-state index contributed by atoms with van der Waals surface area (Å²) in [5, 5.41) is 30.8. The molecule has 0 aliphatic carbocycles. The molecular formula is C19H32N4O6. The maximum Gasteiger partial charge on any atom is 0.290 e. The van der Waals surface area contributed by atoms with E-state index >= 15 is 0 Å². The number of amides is 2. The lowest BCUT2D eigenvalue weighted by molar-refractivity contribution is -0.131. The number of carboxylic acid groups (broad SMARTS) is 1. The highest BCUT2D eigenvalue weighted by Gasteiger charge is 2.24. The Morgan fingerprint density at radius 3 is 2.24 bits per heavy atom. The first-order valence-corrected chi connectivity index (χ1v) is 9.32. The van der Waals surface area contributed by atoms with Gasteiger partial charge in [-0.3, -0.25) is 14.4 Å². The molecule has 164 valence electrons. The van der Waals surface area contributed by atoms with Crippen LogP contribution in [0.2, 0.25) is 0 Å².